The van der Waals surface area contributed by atoms with Gasteiger partial charge in [0, 0.05) is 11.9 Å². The van der Waals surface area contributed by atoms with Gasteiger partial charge in [-0.05, 0) is 35.4 Å². The Labute approximate surface area is 122 Å². The lowest BCUT2D eigenvalue weighted by atomic mass is 9.92. The van der Waals surface area contributed by atoms with Crippen molar-refractivity contribution in [3.05, 3.63) is 42.0 Å². The van der Waals surface area contributed by atoms with Gasteiger partial charge in [-0.2, -0.15) is 0 Å². The first-order chi connectivity index (χ1) is 9.51. The number of nitrogens with one attached hydrogen (secondary N) is 1. The molecule has 0 aliphatic rings. The Morgan fingerprint density at radius 3 is 2.35 bits per heavy atom. The molecule has 0 unspecified atom stereocenters. The van der Waals surface area contributed by atoms with Crippen molar-refractivity contribution in [2.45, 2.75) is 33.7 Å². The average Bonchev–Trinajstić information content (AvgIpc) is 2.42. The van der Waals surface area contributed by atoms with Gasteiger partial charge in [0.1, 0.15) is 5.75 Å². The lowest BCUT2D eigenvalue weighted by Gasteiger charge is -2.18. The van der Waals surface area contributed by atoms with Crippen molar-refractivity contribution >= 4 is 10.8 Å². The molecular weight excluding hydrogens is 246 g/mol. The second kappa shape index (κ2) is 6.27. The van der Waals surface area contributed by atoms with Crippen molar-refractivity contribution in [3.8, 4) is 5.75 Å². The summed E-state index contributed by atoms with van der Waals surface area (Å²) in [6.07, 6.45) is 1.18. The number of methoxy groups -OCH3 is 1. The summed E-state index contributed by atoms with van der Waals surface area (Å²) in [5.41, 5.74) is 1.71. The molecule has 0 amide bonds. The van der Waals surface area contributed by atoms with E-state index in [-0.39, 0.29) is 0 Å². The molecule has 2 rings (SSSR count). The summed E-state index contributed by atoms with van der Waals surface area (Å²) in [5, 5.41) is 6.01. The zero-order valence-corrected chi connectivity index (χ0v) is 13.0. The third kappa shape index (κ3) is 3.73. The van der Waals surface area contributed by atoms with E-state index in [0.717, 1.165) is 18.8 Å². The van der Waals surface area contributed by atoms with Crippen molar-refractivity contribution < 1.29 is 4.74 Å². The summed E-state index contributed by atoms with van der Waals surface area (Å²) in [6.45, 7) is 8.77. The number of ether oxygens (including phenoxy) is 1. The fraction of sp³-hybridized carbons (Fsp3) is 0.444. The van der Waals surface area contributed by atoms with Gasteiger partial charge in [-0.1, -0.05) is 51.1 Å². The van der Waals surface area contributed by atoms with Crippen LogP contribution in [-0.4, -0.2) is 13.7 Å². The van der Waals surface area contributed by atoms with E-state index >= 15 is 0 Å². The molecule has 0 saturated heterocycles. The number of hydrogen-bond donors (Lipinski definition) is 1. The van der Waals surface area contributed by atoms with E-state index in [9.17, 15) is 0 Å². The highest BCUT2D eigenvalue weighted by Crippen LogP contribution is 2.28. The fourth-order valence-corrected chi connectivity index (χ4v) is 2.35. The molecular formula is C18H25NO. The van der Waals surface area contributed by atoms with E-state index in [0.29, 0.717) is 5.41 Å². The van der Waals surface area contributed by atoms with Gasteiger partial charge in [0.2, 0.25) is 0 Å². The maximum atomic E-state index is 5.43. The van der Waals surface area contributed by atoms with E-state index in [2.05, 4.69) is 62.5 Å². The molecule has 2 heteroatoms. The number of benzene rings is 2. The van der Waals surface area contributed by atoms with Gasteiger partial charge >= 0.3 is 0 Å². The largest absolute Gasteiger partial charge is 0.496 e. The zero-order valence-electron chi connectivity index (χ0n) is 13.0. The number of fused-ring (bicyclic) bond motifs is 1. The molecule has 2 nitrogen and oxygen atoms in total. The predicted molar refractivity (Wildman–Crippen MR) is 86.3 cm³/mol. The summed E-state index contributed by atoms with van der Waals surface area (Å²) < 4.78 is 5.43. The second-order valence-electron chi connectivity index (χ2n) is 6.46. The molecule has 0 saturated carbocycles. The summed E-state index contributed by atoms with van der Waals surface area (Å²) >= 11 is 0. The lowest BCUT2D eigenvalue weighted by molar-refractivity contribution is 0.367. The van der Waals surface area contributed by atoms with E-state index in [1.165, 1.54) is 22.8 Å². The Morgan fingerprint density at radius 2 is 1.70 bits per heavy atom. The van der Waals surface area contributed by atoms with Crippen LogP contribution in [0.4, 0.5) is 0 Å². The number of hydrogen-bond acceptors (Lipinski definition) is 2. The van der Waals surface area contributed by atoms with Crippen LogP contribution in [0.15, 0.2) is 36.4 Å². The molecule has 0 spiro atoms. The molecule has 2 aromatic carbocycles. The third-order valence-corrected chi connectivity index (χ3v) is 3.56. The van der Waals surface area contributed by atoms with Gasteiger partial charge in [0.15, 0.2) is 0 Å². The normalized spacial score (nSPS) is 11.8. The minimum absolute atomic E-state index is 0.384. The molecule has 108 valence electrons. The zero-order chi connectivity index (χ0) is 14.6. The van der Waals surface area contributed by atoms with Gasteiger partial charge < -0.3 is 10.1 Å². The Kier molecular flexibility index (Phi) is 4.66. The molecule has 0 bridgehead atoms. The second-order valence-corrected chi connectivity index (χ2v) is 6.46. The molecule has 0 radical (unpaired) electrons. The van der Waals surface area contributed by atoms with E-state index in [1.807, 2.05) is 0 Å². The first-order valence-electron chi connectivity index (χ1n) is 7.26. The molecule has 0 aliphatic heterocycles. The van der Waals surface area contributed by atoms with Crippen LogP contribution in [0.2, 0.25) is 0 Å². The first kappa shape index (κ1) is 14.9. The van der Waals surface area contributed by atoms with Gasteiger partial charge in [0.05, 0.1) is 7.11 Å². The van der Waals surface area contributed by atoms with Crippen LogP contribution in [-0.2, 0) is 6.54 Å². The Morgan fingerprint density at radius 1 is 1.00 bits per heavy atom. The molecule has 2 aromatic rings. The highest BCUT2D eigenvalue weighted by Gasteiger charge is 2.09. The number of rotatable bonds is 5. The molecule has 0 fully saturated rings. The van der Waals surface area contributed by atoms with Crippen molar-refractivity contribution in [3.63, 3.8) is 0 Å². The standard InChI is InChI=1S/C18H25NO/c1-18(2,3)11-12-19-13-14-9-10-17(20-4)16-8-6-5-7-15(14)16/h5-10,19H,11-13H2,1-4H3. The molecule has 1 N–H and O–H groups in total. The van der Waals surface area contributed by atoms with Crippen LogP contribution in [0.5, 0.6) is 5.75 Å². The van der Waals surface area contributed by atoms with Crippen molar-refractivity contribution in [2.24, 2.45) is 5.41 Å². The minimum atomic E-state index is 0.384. The van der Waals surface area contributed by atoms with Crippen molar-refractivity contribution in [1.82, 2.24) is 5.32 Å². The third-order valence-electron chi connectivity index (χ3n) is 3.56. The lowest BCUT2D eigenvalue weighted by Crippen LogP contribution is -2.20. The average molecular weight is 271 g/mol. The SMILES string of the molecule is COc1ccc(CNCCC(C)(C)C)c2ccccc12. The monoisotopic (exact) mass is 271 g/mol. The Bertz CT molecular complexity index is 569. The van der Waals surface area contributed by atoms with E-state index in [4.69, 9.17) is 4.74 Å². The van der Waals surface area contributed by atoms with Gasteiger partial charge in [-0.3, -0.25) is 0 Å². The molecule has 0 aliphatic carbocycles. The van der Waals surface area contributed by atoms with Crippen LogP contribution >= 0.6 is 0 Å². The fourth-order valence-electron chi connectivity index (χ4n) is 2.35. The Hall–Kier alpha value is -1.54. The first-order valence-corrected chi connectivity index (χ1v) is 7.26. The minimum Gasteiger partial charge on any atom is -0.496 e. The van der Waals surface area contributed by atoms with E-state index in [1.54, 1.807) is 7.11 Å². The molecule has 0 atom stereocenters. The summed E-state index contributed by atoms with van der Waals surface area (Å²) in [6, 6.07) is 12.6. The summed E-state index contributed by atoms with van der Waals surface area (Å²) in [5.74, 6) is 0.944. The highest BCUT2D eigenvalue weighted by molar-refractivity contribution is 5.91. The summed E-state index contributed by atoms with van der Waals surface area (Å²) in [4.78, 5) is 0. The van der Waals surface area contributed by atoms with Crippen LogP contribution in [0.1, 0.15) is 32.8 Å². The summed E-state index contributed by atoms with van der Waals surface area (Å²) in [7, 11) is 1.73. The van der Waals surface area contributed by atoms with Crippen LogP contribution in [0.3, 0.4) is 0 Å². The molecule has 0 aromatic heterocycles. The van der Waals surface area contributed by atoms with Gasteiger partial charge in [-0.15, -0.1) is 0 Å². The topological polar surface area (TPSA) is 21.3 Å². The highest BCUT2D eigenvalue weighted by atomic mass is 16.5. The maximum absolute atomic E-state index is 5.43. The van der Waals surface area contributed by atoms with Crippen LogP contribution < -0.4 is 10.1 Å². The maximum Gasteiger partial charge on any atom is 0.126 e. The predicted octanol–water partition coefficient (Wildman–Crippen LogP) is 4.37. The molecule has 0 heterocycles. The Balaban J connectivity index is 2.11. The van der Waals surface area contributed by atoms with Gasteiger partial charge in [-0.25, -0.2) is 0 Å². The smallest absolute Gasteiger partial charge is 0.126 e. The van der Waals surface area contributed by atoms with Crippen LogP contribution in [0, 0.1) is 5.41 Å². The molecule has 20 heavy (non-hydrogen) atoms. The van der Waals surface area contributed by atoms with Crippen molar-refractivity contribution in [2.75, 3.05) is 13.7 Å². The quantitative estimate of drug-likeness (QED) is 0.815. The van der Waals surface area contributed by atoms with Gasteiger partial charge in [0.25, 0.3) is 0 Å². The van der Waals surface area contributed by atoms with Crippen LogP contribution in [0.25, 0.3) is 10.8 Å². The van der Waals surface area contributed by atoms with E-state index < -0.39 is 0 Å². The van der Waals surface area contributed by atoms with Crippen molar-refractivity contribution in [1.29, 1.82) is 0 Å².